The zero-order valence-electron chi connectivity index (χ0n) is 11.8. The summed E-state index contributed by atoms with van der Waals surface area (Å²) in [4.78, 5) is 0. The van der Waals surface area contributed by atoms with E-state index in [0.717, 1.165) is 23.2 Å². The molecule has 1 aliphatic heterocycles. The monoisotopic (exact) mass is 327 g/mol. The van der Waals surface area contributed by atoms with Crippen molar-refractivity contribution < 1.29 is 9.47 Å². The maximum Gasteiger partial charge on any atom is 0.124 e. The molecule has 0 radical (unpaired) electrons. The van der Waals surface area contributed by atoms with Crippen molar-refractivity contribution >= 4 is 15.9 Å². The number of hydrogen-bond acceptors (Lipinski definition) is 3. The Morgan fingerprint density at radius 2 is 2.32 bits per heavy atom. The van der Waals surface area contributed by atoms with E-state index in [1.54, 1.807) is 0 Å². The van der Waals surface area contributed by atoms with Crippen molar-refractivity contribution in [1.29, 1.82) is 0 Å². The summed E-state index contributed by atoms with van der Waals surface area (Å²) in [5.41, 5.74) is 1.21. The molecule has 1 aromatic carbocycles. The summed E-state index contributed by atoms with van der Waals surface area (Å²) in [5, 5.41) is 3.43. The quantitative estimate of drug-likeness (QED) is 0.897. The average Bonchev–Trinajstić information content (AvgIpc) is 2.80. The van der Waals surface area contributed by atoms with Gasteiger partial charge in [-0.05, 0) is 45.5 Å². The first kappa shape index (κ1) is 14.8. The minimum atomic E-state index is 0.268. The van der Waals surface area contributed by atoms with E-state index < -0.39 is 0 Å². The van der Waals surface area contributed by atoms with E-state index in [1.807, 2.05) is 26.1 Å². The van der Waals surface area contributed by atoms with Gasteiger partial charge in [-0.1, -0.05) is 15.9 Å². The highest BCUT2D eigenvalue weighted by molar-refractivity contribution is 9.10. The van der Waals surface area contributed by atoms with E-state index in [2.05, 4.69) is 34.2 Å². The van der Waals surface area contributed by atoms with Crippen LogP contribution in [0.4, 0.5) is 0 Å². The van der Waals surface area contributed by atoms with Gasteiger partial charge in [0.1, 0.15) is 5.75 Å². The molecular weight excluding hydrogens is 306 g/mol. The van der Waals surface area contributed by atoms with Gasteiger partial charge in [-0.2, -0.15) is 0 Å². The second-order valence-electron chi connectivity index (χ2n) is 5.02. The van der Waals surface area contributed by atoms with Crippen LogP contribution in [0, 0.1) is 5.92 Å². The summed E-state index contributed by atoms with van der Waals surface area (Å²) in [5.74, 6) is 1.46. The lowest BCUT2D eigenvalue weighted by atomic mass is 9.90. The highest BCUT2D eigenvalue weighted by Gasteiger charge is 2.31. The Balaban J connectivity index is 2.28. The van der Waals surface area contributed by atoms with E-state index in [9.17, 15) is 0 Å². The van der Waals surface area contributed by atoms with Crippen LogP contribution in [0.5, 0.6) is 5.75 Å². The van der Waals surface area contributed by atoms with E-state index in [4.69, 9.17) is 9.47 Å². The molecule has 0 spiro atoms. The molecule has 0 aromatic heterocycles. The number of hydrogen-bond donors (Lipinski definition) is 1. The molecule has 0 amide bonds. The lowest BCUT2D eigenvalue weighted by Crippen LogP contribution is -2.26. The zero-order chi connectivity index (χ0) is 13.8. The van der Waals surface area contributed by atoms with Crippen LogP contribution in [0.2, 0.25) is 0 Å². The Labute approximate surface area is 123 Å². The molecule has 0 bridgehead atoms. The summed E-state index contributed by atoms with van der Waals surface area (Å²) in [7, 11) is 2.00. The molecule has 1 N–H and O–H groups in total. The first-order valence-electron chi connectivity index (χ1n) is 6.86. The van der Waals surface area contributed by atoms with Gasteiger partial charge in [-0.15, -0.1) is 0 Å². The Kier molecular flexibility index (Phi) is 5.25. The van der Waals surface area contributed by atoms with Gasteiger partial charge >= 0.3 is 0 Å². The number of rotatable bonds is 5. The predicted molar refractivity (Wildman–Crippen MR) is 80.6 cm³/mol. The van der Waals surface area contributed by atoms with E-state index in [0.29, 0.717) is 18.6 Å². The first-order chi connectivity index (χ1) is 9.15. The summed E-state index contributed by atoms with van der Waals surface area (Å²) in [6, 6.07) is 6.47. The third kappa shape index (κ3) is 3.50. The van der Waals surface area contributed by atoms with Crippen molar-refractivity contribution in [1.82, 2.24) is 5.32 Å². The van der Waals surface area contributed by atoms with Crippen LogP contribution in [-0.2, 0) is 4.74 Å². The van der Waals surface area contributed by atoms with Crippen LogP contribution in [0.25, 0.3) is 0 Å². The maximum absolute atomic E-state index is 5.76. The molecule has 1 aliphatic rings. The van der Waals surface area contributed by atoms with Crippen molar-refractivity contribution in [3.63, 3.8) is 0 Å². The standard InChI is InChI=1S/C15H22BrNO2/c1-4-18-14-6-5-12(16)8-13(14)15(17-3)11-7-10(2)19-9-11/h5-6,8,10-11,15,17H,4,7,9H2,1-3H3. The molecule has 3 atom stereocenters. The molecule has 4 heteroatoms. The highest BCUT2D eigenvalue weighted by atomic mass is 79.9. The van der Waals surface area contributed by atoms with E-state index in [1.165, 1.54) is 5.56 Å². The fourth-order valence-corrected chi connectivity index (χ4v) is 3.16. The van der Waals surface area contributed by atoms with Crippen LogP contribution >= 0.6 is 15.9 Å². The Bertz CT molecular complexity index is 425. The van der Waals surface area contributed by atoms with Crippen molar-refractivity contribution in [3.05, 3.63) is 28.2 Å². The second kappa shape index (κ2) is 6.73. The van der Waals surface area contributed by atoms with Crippen LogP contribution in [0.1, 0.15) is 31.9 Å². The fraction of sp³-hybridized carbons (Fsp3) is 0.600. The third-order valence-electron chi connectivity index (χ3n) is 3.62. The lowest BCUT2D eigenvalue weighted by molar-refractivity contribution is 0.117. The number of ether oxygens (including phenoxy) is 2. The van der Waals surface area contributed by atoms with E-state index >= 15 is 0 Å². The molecule has 1 saturated heterocycles. The molecule has 1 fully saturated rings. The van der Waals surface area contributed by atoms with Gasteiger partial charge in [-0.25, -0.2) is 0 Å². The molecule has 1 heterocycles. The van der Waals surface area contributed by atoms with Crippen LogP contribution in [0.3, 0.4) is 0 Å². The van der Waals surface area contributed by atoms with Gasteiger partial charge in [0.2, 0.25) is 0 Å². The van der Waals surface area contributed by atoms with Gasteiger partial charge in [0.15, 0.2) is 0 Å². The molecule has 106 valence electrons. The summed E-state index contributed by atoms with van der Waals surface area (Å²) < 4.78 is 12.5. The van der Waals surface area contributed by atoms with Gasteiger partial charge in [-0.3, -0.25) is 0 Å². The molecule has 0 saturated carbocycles. The third-order valence-corrected chi connectivity index (χ3v) is 4.11. The van der Waals surface area contributed by atoms with Crippen molar-refractivity contribution in [3.8, 4) is 5.75 Å². The van der Waals surface area contributed by atoms with Gasteiger partial charge < -0.3 is 14.8 Å². The summed E-state index contributed by atoms with van der Waals surface area (Å²) in [6.45, 7) is 5.64. The Morgan fingerprint density at radius 3 is 2.89 bits per heavy atom. The second-order valence-corrected chi connectivity index (χ2v) is 5.94. The minimum absolute atomic E-state index is 0.268. The summed E-state index contributed by atoms with van der Waals surface area (Å²) in [6.07, 6.45) is 1.44. The molecule has 1 aromatic rings. The van der Waals surface area contributed by atoms with E-state index in [-0.39, 0.29) is 6.04 Å². The Hall–Kier alpha value is -0.580. The SMILES string of the molecule is CCOc1ccc(Br)cc1C(NC)C1COC(C)C1. The van der Waals surface area contributed by atoms with Crippen LogP contribution in [-0.4, -0.2) is 26.4 Å². The van der Waals surface area contributed by atoms with Crippen LogP contribution < -0.4 is 10.1 Å². The molecule has 2 rings (SSSR count). The topological polar surface area (TPSA) is 30.5 Å². The molecule has 3 unspecified atom stereocenters. The van der Waals surface area contributed by atoms with Crippen molar-refractivity contribution in [2.75, 3.05) is 20.3 Å². The highest BCUT2D eigenvalue weighted by Crippen LogP contribution is 2.37. The maximum atomic E-state index is 5.76. The smallest absolute Gasteiger partial charge is 0.124 e. The van der Waals surface area contributed by atoms with Crippen LogP contribution in [0.15, 0.2) is 22.7 Å². The lowest BCUT2D eigenvalue weighted by Gasteiger charge is -2.25. The number of halogens is 1. The largest absolute Gasteiger partial charge is 0.494 e. The average molecular weight is 328 g/mol. The predicted octanol–water partition coefficient (Wildman–Crippen LogP) is 3.53. The van der Waals surface area contributed by atoms with Gasteiger partial charge in [0.25, 0.3) is 0 Å². The first-order valence-corrected chi connectivity index (χ1v) is 7.66. The molecular formula is C15H22BrNO2. The number of benzene rings is 1. The van der Waals surface area contributed by atoms with Crippen molar-refractivity contribution in [2.24, 2.45) is 5.92 Å². The van der Waals surface area contributed by atoms with Crippen molar-refractivity contribution in [2.45, 2.75) is 32.4 Å². The molecule has 3 nitrogen and oxygen atoms in total. The Morgan fingerprint density at radius 1 is 1.53 bits per heavy atom. The normalized spacial score (nSPS) is 24.4. The zero-order valence-corrected chi connectivity index (χ0v) is 13.4. The van der Waals surface area contributed by atoms with Gasteiger partial charge in [0, 0.05) is 22.0 Å². The fourth-order valence-electron chi connectivity index (χ4n) is 2.78. The molecule has 0 aliphatic carbocycles. The number of nitrogens with one attached hydrogen (secondary N) is 1. The van der Waals surface area contributed by atoms with Gasteiger partial charge in [0.05, 0.1) is 19.3 Å². The summed E-state index contributed by atoms with van der Waals surface area (Å²) >= 11 is 3.55. The minimum Gasteiger partial charge on any atom is -0.494 e. The molecule has 19 heavy (non-hydrogen) atoms.